The Morgan fingerprint density at radius 2 is 2.00 bits per heavy atom. The highest BCUT2D eigenvalue weighted by atomic mass is 16.5. The zero-order valence-corrected chi connectivity index (χ0v) is 16.8. The number of hydrogen-bond acceptors (Lipinski definition) is 5. The van der Waals surface area contributed by atoms with Gasteiger partial charge in [0, 0.05) is 24.9 Å². The zero-order chi connectivity index (χ0) is 21.1. The van der Waals surface area contributed by atoms with Gasteiger partial charge in [-0.25, -0.2) is 4.98 Å². The molecule has 0 spiro atoms. The Morgan fingerprint density at radius 1 is 1.20 bits per heavy atom. The van der Waals surface area contributed by atoms with E-state index in [4.69, 9.17) is 9.47 Å². The number of hydrogen-bond donors (Lipinski definition) is 2. The van der Waals surface area contributed by atoms with Gasteiger partial charge in [-0.15, -0.1) is 0 Å². The summed E-state index contributed by atoms with van der Waals surface area (Å²) in [5, 5.41) is 2.86. The van der Waals surface area contributed by atoms with Crippen LogP contribution >= 0.6 is 0 Å². The molecule has 0 radical (unpaired) electrons. The fraction of sp³-hybridized carbons (Fsp3) is 0.227. The summed E-state index contributed by atoms with van der Waals surface area (Å²) in [5.74, 6) is 0.944. The largest absolute Gasteiger partial charge is 0.493 e. The van der Waals surface area contributed by atoms with Gasteiger partial charge >= 0.3 is 0 Å². The Balaban J connectivity index is 1.40. The molecule has 0 saturated heterocycles. The maximum atomic E-state index is 12.7. The molecule has 2 heterocycles. The van der Waals surface area contributed by atoms with Crippen LogP contribution < -0.4 is 14.8 Å². The lowest BCUT2D eigenvalue weighted by atomic mass is 10.0. The minimum atomic E-state index is -0.167. The lowest BCUT2D eigenvalue weighted by molar-refractivity contribution is -0.128. The van der Waals surface area contributed by atoms with Gasteiger partial charge in [0.05, 0.1) is 38.0 Å². The molecule has 0 unspecified atom stereocenters. The van der Waals surface area contributed by atoms with E-state index in [1.807, 2.05) is 30.3 Å². The molecule has 2 amide bonds. The number of H-pyrrole nitrogens is 1. The highest BCUT2D eigenvalue weighted by molar-refractivity contribution is 5.93. The number of amides is 2. The molecule has 1 aliphatic heterocycles. The smallest absolute Gasteiger partial charge is 0.230 e. The third-order valence-electron chi connectivity index (χ3n) is 5.03. The van der Waals surface area contributed by atoms with Crippen molar-refractivity contribution in [2.24, 2.45) is 0 Å². The molecule has 0 saturated carbocycles. The number of nitrogens with zero attached hydrogens (tertiary/aromatic N) is 2. The van der Waals surface area contributed by atoms with Crippen LogP contribution in [0.5, 0.6) is 11.5 Å². The van der Waals surface area contributed by atoms with E-state index in [0.29, 0.717) is 17.2 Å². The third-order valence-corrected chi connectivity index (χ3v) is 5.03. The van der Waals surface area contributed by atoms with Crippen LogP contribution in [0.15, 0.2) is 42.9 Å². The van der Waals surface area contributed by atoms with Gasteiger partial charge in [-0.1, -0.05) is 0 Å². The van der Waals surface area contributed by atoms with Crippen LogP contribution in [0.25, 0.3) is 17.1 Å². The average Bonchev–Trinajstić information content (AvgIpc) is 3.15. The molecule has 30 heavy (non-hydrogen) atoms. The maximum absolute atomic E-state index is 12.7. The summed E-state index contributed by atoms with van der Waals surface area (Å²) in [4.78, 5) is 33.8. The second-order valence-electron chi connectivity index (χ2n) is 6.92. The number of aromatic amines is 1. The van der Waals surface area contributed by atoms with Crippen molar-refractivity contribution in [1.29, 1.82) is 0 Å². The Labute approximate surface area is 173 Å². The van der Waals surface area contributed by atoms with E-state index in [9.17, 15) is 9.59 Å². The van der Waals surface area contributed by atoms with Crippen molar-refractivity contribution in [3.63, 3.8) is 0 Å². The second-order valence-corrected chi connectivity index (χ2v) is 6.92. The van der Waals surface area contributed by atoms with Crippen molar-refractivity contribution in [1.82, 2.24) is 14.9 Å². The predicted octanol–water partition coefficient (Wildman–Crippen LogP) is 2.96. The van der Waals surface area contributed by atoms with Gasteiger partial charge in [0.25, 0.3) is 0 Å². The van der Waals surface area contributed by atoms with Crippen molar-refractivity contribution in [2.75, 3.05) is 26.1 Å². The van der Waals surface area contributed by atoms with Gasteiger partial charge in [0.15, 0.2) is 11.5 Å². The molecule has 0 bridgehead atoms. The normalized spacial score (nSPS) is 13.1. The summed E-state index contributed by atoms with van der Waals surface area (Å²) in [5.41, 5.74) is 4.11. The van der Waals surface area contributed by atoms with Gasteiger partial charge in [0.2, 0.25) is 11.8 Å². The Hall–Kier alpha value is -3.81. The van der Waals surface area contributed by atoms with Gasteiger partial charge in [-0.3, -0.25) is 9.59 Å². The summed E-state index contributed by atoms with van der Waals surface area (Å²) in [7, 11) is 3.14. The van der Waals surface area contributed by atoms with Crippen LogP contribution in [-0.2, 0) is 16.0 Å². The molecule has 8 nitrogen and oxygen atoms in total. The van der Waals surface area contributed by atoms with Gasteiger partial charge < -0.3 is 24.7 Å². The van der Waals surface area contributed by atoms with E-state index in [0.717, 1.165) is 22.2 Å². The van der Waals surface area contributed by atoms with E-state index in [1.165, 1.54) is 0 Å². The molecule has 8 heteroatoms. The van der Waals surface area contributed by atoms with E-state index in [1.54, 1.807) is 37.7 Å². The number of benzene rings is 2. The quantitative estimate of drug-likeness (QED) is 0.656. The van der Waals surface area contributed by atoms with Crippen LogP contribution in [0, 0.1) is 0 Å². The van der Waals surface area contributed by atoms with Crippen molar-refractivity contribution in [2.45, 2.75) is 12.8 Å². The summed E-state index contributed by atoms with van der Waals surface area (Å²) >= 11 is 0. The molecule has 1 aromatic heterocycles. The number of nitrogens with one attached hydrogen (secondary N) is 2. The Bertz CT molecular complexity index is 1140. The van der Waals surface area contributed by atoms with Crippen molar-refractivity contribution < 1.29 is 19.1 Å². The lowest BCUT2D eigenvalue weighted by Crippen LogP contribution is -2.29. The van der Waals surface area contributed by atoms with E-state index in [2.05, 4.69) is 15.3 Å². The first-order chi connectivity index (χ1) is 14.6. The summed E-state index contributed by atoms with van der Waals surface area (Å²) in [6, 6.07) is 9.13. The Kier molecular flexibility index (Phi) is 5.38. The van der Waals surface area contributed by atoms with E-state index < -0.39 is 0 Å². The molecule has 1 aliphatic rings. The van der Waals surface area contributed by atoms with Crippen molar-refractivity contribution in [3.05, 3.63) is 54.0 Å². The first kappa shape index (κ1) is 19.5. The Morgan fingerprint density at radius 3 is 2.80 bits per heavy atom. The fourth-order valence-electron chi connectivity index (χ4n) is 3.42. The fourth-order valence-corrected chi connectivity index (χ4v) is 3.42. The number of fused-ring (bicyclic) bond motifs is 2. The van der Waals surface area contributed by atoms with E-state index >= 15 is 0 Å². The molecule has 154 valence electrons. The van der Waals surface area contributed by atoms with Crippen LogP contribution in [-0.4, -0.2) is 47.4 Å². The molecule has 0 aliphatic carbocycles. The number of methoxy groups -OCH3 is 2. The SMILES string of the molecule is COc1cc2c(cc1OC)CC(=O)N(CCC(=O)Nc1ccc3nc[nH]c3c1)C=C2. The van der Waals surface area contributed by atoms with Crippen LogP contribution in [0.2, 0.25) is 0 Å². The van der Waals surface area contributed by atoms with Crippen LogP contribution in [0.1, 0.15) is 17.5 Å². The molecule has 3 aromatic rings. The molecule has 0 fully saturated rings. The predicted molar refractivity (Wildman–Crippen MR) is 113 cm³/mol. The first-order valence-electron chi connectivity index (χ1n) is 9.53. The average molecular weight is 406 g/mol. The number of carbonyl (C=O) groups excluding carboxylic acids is 2. The summed E-state index contributed by atoms with van der Waals surface area (Å²) in [6.45, 7) is 0.287. The standard InChI is InChI=1S/C22H22N4O4/c1-29-19-9-14-5-7-26(22(28)11-15(14)10-20(19)30-2)8-6-21(27)25-16-3-4-17-18(12-16)24-13-23-17/h3-5,7,9-10,12-13H,6,8,11H2,1-2H3,(H,23,24)(H,25,27). The van der Waals surface area contributed by atoms with Gasteiger partial charge in [0.1, 0.15) is 0 Å². The van der Waals surface area contributed by atoms with Gasteiger partial charge in [-0.05, 0) is 47.5 Å². The molecular formula is C22H22N4O4. The monoisotopic (exact) mass is 406 g/mol. The molecule has 0 atom stereocenters. The van der Waals surface area contributed by atoms with Crippen LogP contribution in [0.4, 0.5) is 5.69 Å². The number of rotatable bonds is 6. The minimum absolute atomic E-state index is 0.0797. The highest BCUT2D eigenvalue weighted by Gasteiger charge is 2.20. The molecular weight excluding hydrogens is 384 g/mol. The summed E-state index contributed by atoms with van der Waals surface area (Å²) < 4.78 is 10.7. The lowest BCUT2D eigenvalue weighted by Gasteiger charge is -2.17. The highest BCUT2D eigenvalue weighted by Crippen LogP contribution is 2.32. The van der Waals surface area contributed by atoms with Gasteiger partial charge in [-0.2, -0.15) is 0 Å². The molecule has 2 aromatic carbocycles. The zero-order valence-electron chi connectivity index (χ0n) is 16.8. The van der Waals surface area contributed by atoms with Crippen molar-refractivity contribution in [3.8, 4) is 11.5 Å². The minimum Gasteiger partial charge on any atom is -0.493 e. The summed E-state index contributed by atoms with van der Waals surface area (Å²) in [6.07, 6.45) is 5.58. The van der Waals surface area contributed by atoms with Crippen LogP contribution in [0.3, 0.4) is 0 Å². The topological polar surface area (TPSA) is 96.6 Å². The molecule has 4 rings (SSSR count). The number of ether oxygens (including phenoxy) is 2. The number of imidazole rings is 1. The second kappa shape index (κ2) is 8.28. The molecule has 2 N–H and O–H groups in total. The number of carbonyl (C=O) groups is 2. The number of aromatic nitrogens is 2. The third kappa shape index (κ3) is 3.98. The maximum Gasteiger partial charge on any atom is 0.230 e. The first-order valence-corrected chi connectivity index (χ1v) is 9.53. The number of anilines is 1. The van der Waals surface area contributed by atoms with Crippen molar-refractivity contribution >= 4 is 34.6 Å². The van der Waals surface area contributed by atoms with E-state index in [-0.39, 0.29) is 31.2 Å².